The van der Waals surface area contributed by atoms with Crippen LogP contribution in [0.25, 0.3) is 0 Å². The molecule has 2 atom stereocenters. The molecule has 0 radical (unpaired) electrons. The maximum absolute atomic E-state index is 2.47. The van der Waals surface area contributed by atoms with Gasteiger partial charge in [-0.3, -0.25) is 0 Å². The van der Waals surface area contributed by atoms with Gasteiger partial charge >= 0.3 is 0 Å². The summed E-state index contributed by atoms with van der Waals surface area (Å²) in [5, 5.41) is 0. The highest BCUT2D eigenvalue weighted by molar-refractivity contribution is 6.77. The van der Waals surface area contributed by atoms with Crippen LogP contribution in [0.4, 0.5) is 0 Å². The van der Waals surface area contributed by atoms with Gasteiger partial charge in [0, 0.05) is 11.1 Å². The molecule has 0 heterocycles. The molecule has 1 aliphatic carbocycles. The van der Waals surface area contributed by atoms with E-state index in [0.29, 0.717) is 11.1 Å². The third-order valence-corrected chi connectivity index (χ3v) is 13.9. The quantitative estimate of drug-likeness (QED) is 0.573. The summed E-state index contributed by atoms with van der Waals surface area (Å²) in [6.07, 6.45) is 14.2. The molecule has 0 aromatic carbocycles. The van der Waals surface area contributed by atoms with Crippen molar-refractivity contribution >= 4 is 16.5 Å². The SMILES string of the molecule is CN(C)[Si](C)(C)C1C=CC([Si](C)(C)N(C)C)/C=C\C=C/1. The number of rotatable bonds is 4. The summed E-state index contributed by atoms with van der Waals surface area (Å²) in [6, 6.07) is 0. The van der Waals surface area contributed by atoms with Crippen molar-refractivity contribution in [3.05, 3.63) is 36.5 Å². The molecular formula is C16H32N2Si2. The van der Waals surface area contributed by atoms with Gasteiger partial charge in [0.2, 0.25) is 0 Å². The van der Waals surface area contributed by atoms with Crippen molar-refractivity contribution in [1.29, 1.82) is 0 Å². The van der Waals surface area contributed by atoms with Gasteiger partial charge in [-0.2, -0.15) is 0 Å². The maximum atomic E-state index is 2.47. The zero-order valence-corrected chi connectivity index (χ0v) is 16.5. The second-order valence-corrected chi connectivity index (χ2v) is 17.0. The monoisotopic (exact) mass is 308 g/mol. The van der Waals surface area contributed by atoms with Crippen LogP contribution in [-0.2, 0) is 0 Å². The molecule has 0 saturated carbocycles. The number of hydrogen-bond acceptors (Lipinski definition) is 2. The van der Waals surface area contributed by atoms with Crippen molar-refractivity contribution in [2.75, 3.05) is 28.2 Å². The third kappa shape index (κ3) is 3.81. The molecule has 0 bridgehead atoms. The Morgan fingerprint density at radius 2 is 0.900 bits per heavy atom. The van der Waals surface area contributed by atoms with Crippen LogP contribution in [0.5, 0.6) is 0 Å². The van der Waals surface area contributed by atoms with E-state index < -0.39 is 16.5 Å². The third-order valence-electron chi connectivity index (χ3n) is 5.21. The van der Waals surface area contributed by atoms with Crippen LogP contribution in [0.3, 0.4) is 0 Å². The molecule has 0 N–H and O–H groups in total. The lowest BCUT2D eigenvalue weighted by atomic mass is 10.2. The van der Waals surface area contributed by atoms with Crippen LogP contribution in [0.1, 0.15) is 0 Å². The molecule has 0 saturated heterocycles. The molecule has 1 rings (SSSR count). The minimum absolute atomic E-state index is 0.580. The lowest BCUT2D eigenvalue weighted by Crippen LogP contribution is -2.48. The van der Waals surface area contributed by atoms with Gasteiger partial charge in [0.15, 0.2) is 0 Å². The topological polar surface area (TPSA) is 6.48 Å². The van der Waals surface area contributed by atoms with E-state index >= 15 is 0 Å². The Hall–Kier alpha value is -0.426. The van der Waals surface area contributed by atoms with Gasteiger partial charge in [-0.25, -0.2) is 0 Å². The molecule has 2 unspecified atom stereocenters. The van der Waals surface area contributed by atoms with Crippen molar-refractivity contribution in [2.24, 2.45) is 0 Å². The van der Waals surface area contributed by atoms with E-state index in [-0.39, 0.29) is 0 Å². The van der Waals surface area contributed by atoms with Crippen molar-refractivity contribution in [1.82, 2.24) is 9.13 Å². The molecule has 0 aromatic rings. The van der Waals surface area contributed by atoms with E-state index in [1.165, 1.54) is 0 Å². The van der Waals surface area contributed by atoms with Gasteiger partial charge in [0.25, 0.3) is 0 Å². The Balaban J connectivity index is 3.06. The average molecular weight is 309 g/mol. The van der Waals surface area contributed by atoms with Crippen LogP contribution in [0.15, 0.2) is 36.5 Å². The smallest absolute Gasteiger partial charge is 0.132 e. The zero-order valence-electron chi connectivity index (χ0n) is 14.5. The zero-order chi connectivity index (χ0) is 15.6. The van der Waals surface area contributed by atoms with E-state index in [9.17, 15) is 0 Å². The van der Waals surface area contributed by atoms with Crippen LogP contribution >= 0.6 is 0 Å². The van der Waals surface area contributed by atoms with E-state index in [0.717, 1.165) is 0 Å². The summed E-state index contributed by atoms with van der Waals surface area (Å²) in [4.78, 5) is 0. The van der Waals surface area contributed by atoms with E-state index in [2.05, 4.69) is 100.0 Å². The maximum Gasteiger partial charge on any atom is 0.132 e. The van der Waals surface area contributed by atoms with Crippen molar-refractivity contribution in [3.8, 4) is 0 Å². The van der Waals surface area contributed by atoms with Gasteiger partial charge in [-0.05, 0) is 28.2 Å². The molecular weight excluding hydrogens is 276 g/mol. The first-order chi connectivity index (χ1) is 9.10. The Morgan fingerprint density at radius 1 is 0.600 bits per heavy atom. The fourth-order valence-corrected chi connectivity index (χ4v) is 5.79. The average Bonchev–Trinajstić information content (AvgIpc) is 2.27. The molecule has 0 aliphatic heterocycles. The van der Waals surface area contributed by atoms with Gasteiger partial charge in [0.1, 0.15) is 16.5 Å². The lowest BCUT2D eigenvalue weighted by Gasteiger charge is -2.38. The Morgan fingerprint density at radius 3 is 1.15 bits per heavy atom. The molecule has 20 heavy (non-hydrogen) atoms. The normalized spacial score (nSPS) is 27.5. The first-order valence-electron chi connectivity index (χ1n) is 7.48. The van der Waals surface area contributed by atoms with Crippen LogP contribution in [0.2, 0.25) is 37.3 Å². The van der Waals surface area contributed by atoms with Crippen LogP contribution in [0, 0.1) is 0 Å². The van der Waals surface area contributed by atoms with Gasteiger partial charge < -0.3 is 9.13 Å². The van der Waals surface area contributed by atoms with E-state index in [1.807, 2.05) is 0 Å². The predicted molar refractivity (Wildman–Crippen MR) is 97.3 cm³/mol. The molecule has 4 heteroatoms. The highest BCUT2D eigenvalue weighted by atomic mass is 28.3. The number of hydrogen-bond donors (Lipinski definition) is 0. The largest absolute Gasteiger partial charge is 0.329 e. The van der Waals surface area contributed by atoms with E-state index in [1.54, 1.807) is 0 Å². The Kier molecular flexibility index (Phi) is 5.78. The standard InChI is InChI=1S/C16H32N2Si2/c1-17(2)19(5,6)15-11-9-10-12-16(14-13-15)20(7,8)18(3)4/h9-16H,1-8H3/b11-9-,12-10-,14-13?. The molecule has 0 fully saturated rings. The number of allylic oxidation sites excluding steroid dienone is 6. The molecule has 0 aromatic heterocycles. The second kappa shape index (κ2) is 6.56. The minimum atomic E-state index is -1.42. The van der Waals surface area contributed by atoms with Crippen LogP contribution < -0.4 is 0 Å². The molecule has 0 spiro atoms. The van der Waals surface area contributed by atoms with Crippen LogP contribution in [-0.4, -0.2) is 53.8 Å². The Labute approximate surface area is 128 Å². The second-order valence-electron chi connectivity index (χ2n) is 7.30. The summed E-state index contributed by atoms with van der Waals surface area (Å²) >= 11 is 0. The first-order valence-corrected chi connectivity index (χ1v) is 13.5. The van der Waals surface area contributed by atoms with Crippen molar-refractivity contribution in [3.63, 3.8) is 0 Å². The van der Waals surface area contributed by atoms with E-state index in [4.69, 9.17) is 0 Å². The molecule has 2 nitrogen and oxygen atoms in total. The molecule has 114 valence electrons. The summed E-state index contributed by atoms with van der Waals surface area (Å²) in [5.74, 6) is 0. The van der Waals surface area contributed by atoms with Gasteiger partial charge in [0.05, 0.1) is 0 Å². The summed E-state index contributed by atoms with van der Waals surface area (Å²) in [7, 11) is 6.04. The molecule has 0 amide bonds. The number of nitrogens with zero attached hydrogens (tertiary/aromatic N) is 2. The summed E-state index contributed by atoms with van der Waals surface area (Å²) in [5.41, 5.74) is 1.16. The fourth-order valence-electron chi connectivity index (χ4n) is 2.27. The van der Waals surface area contributed by atoms with Gasteiger partial charge in [-0.15, -0.1) is 0 Å². The molecule has 1 aliphatic rings. The van der Waals surface area contributed by atoms with Crippen molar-refractivity contribution in [2.45, 2.75) is 37.3 Å². The Bertz CT molecular complexity index is 369. The minimum Gasteiger partial charge on any atom is -0.329 e. The summed E-state index contributed by atoms with van der Waals surface area (Å²) in [6.45, 7) is 9.78. The highest BCUT2D eigenvalue weighted by Crippen LogP contribution is 2.33. The van der Waals surface area contributed by atoms with Crippen molar-refractivity contribution < 1.29 is 0 Å². The lowest BCUT2D eigenvalue weighted by molar-refractivity contribution is 0.611. The highest BCUT2D eigenvalue weighted by Gasteiger charge is 2.34. The fraction of sp³-hybridized carbons (Fsp3) is 0.625. The predicted octanol–water partition coefficient (Wildman–Crippen LogP) is 3.94. The van der Waals surface area contributed by atoms with Gasteiger partial charge in [-0.1, -0.05) is 62.6 Å². The first kappa shape index (κ1) is 17.6. The summed E-state index contributed by atoms with van der Waals surface area (Å²) < 4.78 is 4.89.